The van der Waals surface area contributed by atoms with Gasteiger partial charge in [-0.15, -0.1) is 10.2 Å². The van der Waals surface area contributed by atoms with E-state index in [2.05, 4.69) is 10.2 Å². The van der Waals surface area contributed by atoms with Gasteiger partial charge in [-0.3, -0.25) is 13.8 Å². The number of para-hydroxylation sites is 2. The number of hydrogen-bond donors (Lipinski definition) is 2. The number of imidazole rings is 1. The minimum absolute atomic E-state index is 0.175. The summed E-state index contributed by atoms with van der Waals surface area (Å²) in [6.45, 7) is -0.175. The molecule has 4 aromatic rings. The van der Waals surface area contributed by atoms with Crippen molar-refractivity contribution in [1.82, 2.24) is 19.2 Å². The van der Waals surface area contributed by atoms with E-state index in [1.165, 1.54) is 0 Å². The number of aromatic nitrogens is 4. The number of carboxylic acids is 1. The molecule has 4 rings (SSSR count). The van der Waals surface area contributed by atoms with Crippen LogP contribution in [0, 0.1) is 0 Å². The normalized spacial score (nSPS) is 11.3. The average molecular weight is 307 g/mol. The third kappa shape index (κ3) is 2.02. The van der Waals surface area contributed by atoms with Gasteiger partial charge in [0.05, 0.1) is 11.0 Å². The van der Waals surface area contributed by atoms with Crippen molar-refractivity contribution in [1.29, 1.82) is 0 Å². The molecule has 0 spiro atoms. The predicted molar refractivity (Wildman–Crippen MR) is 86.0 cm³/mol. The molecular formula is C16H13N5O2. The number of fused-ring (bicyclic) bond motifs is 3. The Hall–Kier alpha value is -3.35. The number of nitrogen functional groups attached to an aromatic ring is 1. The van der Waals surface area contributed by atoms with Crippen molar-refractivity contribution in [3.8, 4) is 11.4 Å². The molecule has 0 amide bonds. The van der Waals surface area contributed by atoms with Gasteiger partial charge in [-0.2, -0.15) is 0 Å². The van der Waals surface area contributed by atoms with Crippen molar-refractivity contribution in [2.75, 3.05) is 5.73 Å². The van der Waals surface area contributed by atoms with Gasteiger partial charge in [0.2, 0.25) is 5.78 Å². The Labute approximate surface area is 130 Å². The van der Waals surface area contributed by atoms with Crippen LogP contribution in [0.2, 0.25) is 0 Å². The minimum Gasteiger partial charge on any atom is -0.480 e. The maximum Gasteiger partial charge on any atom is 0.323 e. The van der Waals surface area contributed by atoms with Crippen LogP contribution in [0.5, 0.6) is 0 Å². The first-order valence-corrected chi connectivity index (χ1v) is 7.05. The number of carboxylic acid groups (broad SMARTS) is 1. The maximum absolute atomic E-state index is 11.2. The molecule has 0 aliphatic carbocycles. The molecule has 0 atom stereocenters. The SMILES string of the molecule is Nc1cccc(-c2nnc3n(CC(=O)O)c4ccccc4n23)c1. The monoisotopic (exact) mass is 307 g/mol. The van der Waals surface area contributed by atoms with Gasteiger partial charge in [-0.1, -0.05) is 24.3 Å². The lowest BCUT2D eigenvalue weighted by molar-refractivity contribution is -0.137. The van der Waals surface area contributed by atoms with Crippen LogP contribution < -0.4 is 5.73 Å². The maximum atomic E-state index is 11.2. The van der Waals surface area contributed by atoms with Gasteiger partial charge in [0.1, 0.15) is 6.54 Å². The fourth-order valence-electron chi connectivity index (χ4n) is 2.82. The van der Waals surface area contributed by atoms with E-state index in [-0.39, 0.29) is 6.54 Å². The van der Waals surface area contributed by atoms with Crippen LogP contribution in [0.25, 0.3) is 28.2 Å². The summed E-state index contributed by atoms with van der Waals surface area (Å²) in [4.78, 5) is 11.2. The van der Waals surface area contributed by atoms with E-state index in [9.17, 15) is 4.79 Å². The summed E-state index contributed by atoms with van der Waals surface area (Å²) >= 11 is 0. The van der Waals surface area contributed by atoms with Gasteiger partial charge in [-0.05, 0) is 24.3 Å². The van der Waals surface area contributed by atoms with Gasteiger partial charge in [-0.25, -0.2) is 0 Å². The average Bonchev–Trinajstić information content (AvgIpc) is 3.07. The lowest BCUT2D eigenvalue weighted by Gasteiger charge is -2.00. The Morgan fingerprint density at radius 1 is 1.09 bits per heavy atom. The van der Waals surface area contributed by atoms with Crippen molar-refractivity contribution in [2.24, 2.45) is 0 Å². The number of anilines is 1. The molecule has 3 N–H and O–H groups in total. The van der Waals surface area contributed by atoms with Gasteiger partial charge < -0.3 is 10.8 Å². The Kier molecular flexibility index (Phi) is 2.80. The highest BCUT2D eigenvalue weighted by atomic mass is 16.4. The van der Waals surface area contributed by atoms with E-state index in [0.717, 1.165) is 16.6 Å². The van der Waals surface area contributed by atoms with E-state index < -0.39 is 5.97 Å². The highest BCUT2D eigenvalue weighted by Gasteiger charge is 2.18. The van der Waals surface area contributed by atoms with Crippen LogP contribution >= 0.6 is 0 Å². The molecule has 114 valence electrons. The van der Waals surface area contributed by atoms with Crippen molar-refractivity contribution < 1.29 is 9.90 Å². The molecule has 0 aliphatic heterocycles. The number of nitrogens with zero attached hydrogens (tertiary/aromatic N) is 4. The minimum atomic E-state index is -0.929. The quantitative estimate of drug-likeness (QED) is 0.564. The lowest BCUT2D eigenvalue weighted by Crippen LogP contribution is -2.08. The zero-order valence-corrected chi connectivity index (χ0v) is 12.0. The summed E-state index contributed by atoms with van der Waals surface area (Å²) in [5.74, 6) is 0.195. The second kappa shape index (κ2) is 4.84. The first kappa shape index (κ1) is 13.3. The largest absolute Gasteiger partial charge is 0.480 e. The molecule has 0 unspecified atom stereocenters. The molecule has 0 bridgehead atoms. The van der Waals surface area contributed by atoms with Crippen LogP contribution in [0.3, 0.4) is 0 Å². The fraction of sp³-hybridized carbons (Fsp3) is 0.0625. The molecule has 2 aromatic carbocycles. The van der Waals surface area contributed by atoms with E-state index >= 15 is 0 Å². The van der Waals surface area contributed by atoms with Crippen molar-refractivity contribution in [3.63, 3.8) is 0 Å². The van der Waals surface area contributed by atoms with E-state index in [1.54, 1.807) is 10.6 Å². The zero-order chi connectivity index (χ0) is 16.0. The lowest BCUT2D eigenvalue weighted by atomic mass is 10.2. The molecule has 23 heavy (non-hydrogen) atoms. The van der Waals surface area contributed by atoms with Gasteiger partial charge >= 0.3 is 5.97 Å². The van der Waals surface area contributed by atoms with Crippen LogP contribution in [0.4, 0.5) is 5.69 Å². The summed E-state index contributed by atoms with van der Waals surface area (Å²) in [5, 5.41) is 17.6. The van der Waals surface area contributed by atoms with Crippen molar-refractivity contribution in [2.45, 2.75) is 6.54 Å². The van der Waals surface area contributed by atoms with Crippen molar-refractivity contribution >= 4 is 28.5 Å². The smallest absolute Gasteiger partial charge is 0.323 e. The third-order valence-corrected chi connectivity index (χ3v) is 3.74. The number of benzene rings is 2. The van der Waals surface area contributed by atoms with Crippen molar-refractivity contribution in [3.05, 3.63) is 48.5 Å². The molecule has 0 saturated carbocycles. The summed E-state index contributed by atoms with van der Waals surface area (Å²) in [5.41, 5.74) is 8.96. The predicted octanol–water partition coefficient (Wildman–Crippen LogP) is 2.02. The Bertz CT molecular complexity index is 1050. The number of carbonyl (C=O) groups is 1. The molecule has 2 aromatic heterocycles. The fourth-order valence-corrected chi connectivity index (χ4v) is 2.82. The van der Waals surface area contributed by atoms with Gasteiger partial charge in [0, 0.05) is 11.3 Å². The van der Waals surface area contributed by atoms with E-state index in [4.69, 9.17) is 10.8 Å². The molecular weight excluding hydrogens is 294 g/mol. The Balaban J connectivity index is 2.07. The summed E-state index contributed by atoms with van der Waals surface area (Å²) < 4.78 is 3.49. The highest BCUT2D eigenvalue weighted by molar-refractivity contribution is 5.85. The molecule has 0 radical (unpaired) electrons. The van der Waals surface area contributed by atoms with Crippen LogP contribution in [-0.2, 0) is 11.3 Å². The molecule has 0 fully saturated rings. The Morgan fingerprint density at radius 3 is 2.61 bits per heavy atom. The van der Waals surface area contributed by atoms with E-state index in [1.807, 2.05) is 46.9 Å². The summed E-state index contributed by atoms with van der Waals surface area (Å²) in [7, 11) is 0. The Morgan fingerprint density at radius 2 is 1.87 bits per heavy atom. The molecule has 7 heteroatoms. The second-order valence-corrected chi connectivity index (χ2v) is 5.25. The third-order valence-electron chi connectivity index (χ3n) is 3.74. The zero-order valence-electron chi connectivity index (χ0n) is 12.0. The number of hydrogen-bond acceptors (Lipinski definition) is 4. The second-order valence-electron chi connectivity index (χ2n) is 5.25. The first-order valence-electron chi connectivity index (χ1n) is 7.05. The molecule has 2 heterocycles. The molecule has 0 aliphatic rings. The van der Waals surface area contributed by atoms with E-state index in [0.29, 0.717) is 17.3 Å². The van der Waals surface area contributed by atoms with Crippen LogP contribution in [0.1, 0.15) is 0 Å². The number of rotatable bonds is 3. The number of aliphatic carboxylic acids is 1. The van der Waals surface area contributed by atoms with Gasteiger partial charge in [0.15, 0.2) is 5.82 Å². The molecule has 7 nitrogen and oxygen atoms in total. The number of nitrogens with two attached hydrogens (primary N) is 1. The van der Waals surface area contributed by atoms with Gasteiger partial charge in [0.25, 0.3) is 0 Å². The topological polar surface area (TPSA) is 98.4 Å². The molecule has 0 saturated heterocycles. The van der Waals surface area contributed by atoms with Crippen LogP contribution in [0.15, 0.2) is 48.5 Å². The summed E-state index contributed by atoms with van der Waals surface area (Å²) in [6.07, 6.45) is 0. The van der Waals surface area contributed by atoms with Crippen LogP contribution in [-0.4, -0.2) is 30.2 Å². The first-order chi connectivity index (χ1) is 11.1. The highest BCUT2D eigenvalue weighted by Crippen LogP contribution is 2.27. The summed E-state index contributed by atoms with van der Waals surface area (Å²) in [6, 6.07) is 14.9. The standard InChI is InChI=1S/C16H13N5O2/c17-11-5-3-4-10(8-11)15-18-19-16-20(9-14(22)23)12-6-1-2-7-13(12)21(15)16/h1-8H,9,17H2,(H,22,23).